The fraction of sp³-hybridized carbons (Fsp3) is 0. The van der Waals surface area contributed by atoms with Gasteiger partial charge in [-0.05, 0) is 0 Å². The molecule has 0 saturated carbocycles. The highest BCUT2D eigenvalue weighted by Gasteiger charge is 2.79. The lowest BCUT2D eigenvalue weighted by Gasteiger charge is -2.54. The van der Waals surface area contributed by atoms with E-state index in [1.165, 1.54) is 0 Å². The second kappa shape index (κ2) is 18.5. The predicted molar refractivity (Wildman–Crippen MR) is 274 cm³/mol. The van der Waals surface area contributed by atoms with Crippen molar-refractivity contribution in [2.75, 3.05) is 0 Å². The van der Waals surface area contributed by atoms with E-state index in [-0.39, 0.29) is 41.5 Å². The summed E-state index contributed by atoms with van der Waals surface area (Å²) in [6.07, 6.45) is 0. The van der Waals surface area contributed by atoms with Crippen LogP contribution in [0.25, 0.3) is 0 Å². The number of hydrogen-bond donors (Lipinski definition) is 4. The van der Waals surface area contributed by atoms with Crippen molar-refractivity contribution in [1.29, 1.82) is 0 Å². The van der Waals surface area contributed by atoms with Crippen LogP contribution in [0, 0.1) is 0 Å². The van der Waals surface area contributed by atoms with Crippen molar-refractivity contribution >= 4 is 112 Å². The normalized spacial score (nSPS) is 32.2. The lowest BCUT2D eigenvalue weighted by atomic mass is 10.4. The topological polar surface area (TPSA) is 173 Å². The molecule has 4 N–H and O–H groups in total. The third-order valence-corrected chi connectivity index (χ3v) is 41.9. The van der Waals surface area contributed by atoms with Gasteiger partial charge in [0.1, 0.15) is 0 Å². The van der Waals surface area contributed by atoms with E-state index in [4.69, 9.17) is 41.2 Å². The molecule has 12 rings (SSSR count). The van der Waals surface area contributed by atoms with Crippen LogP contribution >= 0.6 is 0 Å². The van der Waals surface area contributed by atoms with E-state index in [2.05, 4.69) is 0 Å². The smallest absolute Gasteiger partial charge is 0.387 e. The minimum absolute atomic E-state index is 0.184. The maximum atomic E-state index is 13.9. The van der Waals surface area contributed by atoms with Crippen LogP contribution in [0.1, 0.15) is 0 Å². The molecule has 70 heavy (non-hydrogen) atoms. The molecule has 0 spiro atoms. The Morgan fingerprint density at radius 2 is 0.300 bits per heavy atom. The van der Waals surface area contributed by atoms with E-state index in [0.29, 0.717) is 0 Å². The molecule has 4 heterocycles. The van der Waals surface area contributed by atoms with E-state index in [0.717, 1.165) is 0 Å². The first-order valence-corrected chi connectivity index (χ1v) is 36.2. The molecule has 0 amide bonds. The summed E-state index contributed by atoms with van der Waals surface area (Å²) < 4.78 is 74.8. The van der Waals surface area contributed by atoms with Gasteiger partial charge in [-0.25, -0.2) is 0 Å². The fourth-order valence-corrected chi connectivity index (χ4v) is 45.9. The molecule has 4 aliphatic heterocycles. The summed E-state index contributed by atoms with van der Waals surface area (Å²) in [7, 11) is -42.2. The molecule has 0 aliphatic carbocycles. The third-order valence-electron chi connectivity index (χ3n) is 11.8. The van der Waals surface area contributed by atoms with Crippen LogP contribution < -0.4 is 41.5 Å². The molecule has 0 aromatic heterocycles. The average Bonchev–Trinajstić information content (AvgIpc) is 3.39. The largest absolute Gasteiger partial charge is 0.520 e. The van der Waals surface area contributed by atoms with E-state index < -0.39 is 70.4 Å². The van der Waals surface area contributed by atoms with E-state index in [9.17, 15) is 19.2 Å². The molecule has 14 nitrogen and oxygen atoms in total. The first-order valence-electron chi connectivity index (χ1n) is 22.3. The summed E-state index contributed by atoms with van der Waals surface area (Å²) in [5.74, 6) is 0. The van der Waals surface area contributed by atoms with Crippen molar-refractivity contribution in [2.45, 2.75) is 0 Å². The van der Waals surface area contributed by atoms with Crippen LogP contribution in [0.2, 0.25) is 0 Å². The second-order valence-corrected chi connectivity index (χ2v) is 38.4. The molecule has 0 radical (unpaired) electrons. The van der Waals surface area contributed by atoms with Gasteiger partial charge in [-0.2, -0.15) is 0 Å². The lowest BCUT2D eigenvalue weighted by molar-refractivity contribution is 0.0442. The van der Waals surface area contributed by atoms with Crippen LogP contribution in [0.15, 0.2) is 243 Å². The molecule has 0 atom stereocenters. The Labute approximate surface area is 412 Å². The molecule has 4 fully saturated rings. The standard InChI is InChI=1S/C48H44O14Si8/c49-63(41-25-9-1-10-26-41)53-67(45-33-17-5-18-34-45)55-64(50,42-27-11-2-12-28-42)56-68(54-63,46-35-19-6-20-36-46)62-70(48-39-23-8-24-40-48)58-65(51,43-29-13-3-14-30-43)57-69(61-67,47-37-21-7-22-38-47)59-66(52,60-70)44-31-15-4-16-32-44/h1-40,49-52H/t63-,64?,65?,66?,67+,68?,69-,70?/m1/s1. The zero-order chi connectivity index (χ0) is 48.0. The van der Waals surface area contributed by atoms with Gasteiger partial charge in [-0.1, -0.05) is 243 Å². The molecule has 0 unspecified atom stereocenters. The van der Waals surface area contributed by atoms with Crippen LogP contribution in [0.3, 0.4) is 0 Å². The Kier molecular flexibility index (Phi) is 12.5. The third kappa shape index (κ3) is 8.66. The van der Waals surface area contributed by atoms with Crippen molar-refractivity contribution in [3.05, 3.63) is 243 Å². The molecule has 4 aliphatic rings. The van der Waals surface area contributed by atoms with Gasteiger partial charge in [0.2, 0.25) is 0 Å². The first-order chi connectivity index (χ1) is 33.9. The summed E-state index contributed by atoms with van der Waals surface area (Å²) in [6.45, 7) is 0. The molecule has 8 aromatic carbocycles. The molecule has 352 valence electrons. The Hall–Kier alpha value is -5.06. The summed E-state index contributed by atoms with van der Waals surface area (Å²) in [6, 6.07) is 68.1. The molecular formula is C48H44O14Si8. The number of hydrogen-bond acceptors (Lipinski definition) is 14. The highest BCUT2D eigenvalue weighted by atomic mass is 28.6. The highest BCUT2D eigenvalue weighted by molar-refractivity contribution is 7.08. The van der Waals surface area contributed by atoms with Crippen LogP contribution in [0.4, 0.5) is 0 Å². The number of fused-ring (bicyclic) bond motifs is 4. The van der Waals surface area contributed by atoms with Crippen LogP contribution in [0.5, 0.6) is 0 Å². The minimum Gasteiger partial charge on any atom is -0.387 e. The summed E-state index contributed by atoms with van der Waals surface area (Å²) >= 11 is 0. The SMILES string of the molecule is O[Si]1(c2ccccc2)O[Si]2(c3ccccc3)O[Si](O)(c3ccccc3)O[Si@](c3ccccc3)(O1)O[Si@]1(c3ccccc3)O[Si](O)(c3ccccc3)O[Si](c3ccccc3)(O2)O[Si@@](O)(c2ccccc2)O1. The number of benzene rings is 8. The Morgan fingerprint density at radius 1 is 0.171 bits per heavy atom. The molecule has 4 saturated heterocycles. The number of rotatable bonds is 8. The summed E-state index contributed by atoms with van der Waals surface area (Å²) in [4.78, 5) is 55.7. The first kappa shape index (κ1) is 47.3. The Balaban J connectivity index is 1.35. The minimum atomic E-state index is -5.34. The van der Waals surface area contributed by atoms with Crippen LogP contribution in [-0.2, 0) is 41.2 Å². The molecule has 22 heteroatoms. The zero-order valence-electron chi connectivity index (χ0n) is 37.0. The van der Waals surface area contributed by atoms with Crippen molar-refractivity contribution in [3.8, 4) is 0 Å². The van der Waals surface area contributed by atoms with Crippen molar-refractivity contribution in [1.82, 2.24) is 0 Å². The van der Waals surface area contributed by atoms with Crippen LogP contribution in [-0.4, -0.2) is 89.6 Å². The van der Waals surface area contributed by atoms with Gasteiger partial charge in [0.05, 0.1) is 0 Å². The molecular weight excluding hydrogens is 1030 g/mol. The van der Waals surface area contributed by atoms with Gasteiger partial charge in [0.25, 0.3) is 0 Å². The fourth-order valence-electron chi connectivity index (χ4n) is 8.49. The van der Waals surface area contributed by atoms with Gasteiger partial charge < -0.3 is 60.3 Å². The molecule has 4 bridgehead atoms. The van der Waals surface area contributed by atoms with Gasteiger partial charge in [0.15, 0.2) is 0 Å². The predicted octanol–water partition coefficient (Wildman–Crippen LogP) is 0.931. The van der Waals surface area contributed by atoms with Gasteiger partial charge in [-0.3, -0.25) is 0 Å². The molecule has 8 aromatic rings. The van der Waals surface area contributed by atoms with Crippen molar-refractivity contribution in [3.63, 3.8) is 0 Å². The van der Waals surface area contributed by atoms with E-state index >= 15 is 0 Å². The quantitative estimate of drug-likeness (QED) is 0.159. The van der Waals surface area contributed by atoms with Crippen molar-refractivity contribution in [2.24, 2.45) is 0 Å². The zero-order valence-corrected chi connectivity index (χ0v) is 45.0. The Bertz CT molecular complexity index is 2600. The monoisotopic (exact) mass is 1070 g/mol. The maximum Gasteiger partial charge on any atom is 0.520 e. The van der Waals surface area contributed by atoms with Gasteiger partial charge in [-0.15, -0.1) is 0 Å². The average molecular weight is 1070 g/mol. The highest BCUT2D eigenvalue weighted by Crippen LogP contribution is 2.40. The Morgan fingerprint density at radius 3 is 0.443 bits per heavy atom. The van der Waals surface area contributed by atoms with E-state index in [1.807, 2.05) is 0 Å². The van der Waals surface area contributed by atoms with Gasteiger partial charge in [0, 0.05) is 41.5 Å². The van der Waals surface area contributed by atoms with Crippen molar-refractivity contribution < 1.29 is 60.3 Å². The lowest BCUT2D eigenvalue weighted by Crippen LogP contribution is -2.89. The van der Waals surface area contributed by atoms with E-state index in [1.54, 1.807) is 243 Å². The summed E-state index contributed by atoms with van der Waals surface area (Å²) in [5.41, 5.74) is 0. The van der Waals surface area contributed by atoms with Gasteiger partial charge >= 0.3 is 70.4 Å². The summed E-state index contributed by atoms with van der Waals surface area (Å²) in [5, 5.41) is 1.51. The second-order valence-electron chi connectivity index (χ2n) is 16.5. The maximum absolute atomic E-state index is 13.9.